The average molecular weight is 212 g/mol. The van der Waals surface area contributed by atoms with E-state index in [-0.39, 0.29) is 6.09 Å². The molecule has 0 radical (unpaired) electrons. The second-order valence-electron chi connectivity index (χ2n) is 5.69. The highest BCUT2D eigenvalue weighted by Gasteiger charge is 2.59. The number of carbonyl (C=O) groups excluding carboxylic acids is 1. The van der Waals surface area contributed by atoms with E-state index in [1.807, 2.05) is 20.8 Å². The summed E-state index contributed by atoms with van der Waals surface area (Å²) in [5.74, 6) is 1.89. The highest BCUT2D eigenvalue weighted by molar-refractivity contribution is 5.67. The van der Waals surface area contributed by atoms with E-state index in [0.29, 0.717) is 23.8 Å². The maximum Gasteiger partial charge on any atom is 0.407 e. The molecular formula is C11H20N2O2. The number of rotatable bonds is 2. The van der Waals surface area contributed by atoms with Crippen molar-refractivity contribution in [3.8, 4) is 0 Å². The third kappa shape index (κ3) is 1.95. The smallest absolute Gasteiger partial charge is 0.407 e. The van der Waals surface area contributed by atoms with Crippen molar-refractivity contribution in [3.05, 3.63) is 0 Å². The average Bonchev–Trinajstić information content (AvgIpc) is 1.97. The van der Waals surface area contributed by atoms with Gasteiger partial charge in [-0.15, -0.1) is 0 Å². The summed E-state index contributed by atoms with van der Waals surface area (Å²) < 4.78 is 5.15. The fraction of sp³-hybridized carbons (Fsp3) is 0.909. The Morgan fingerprint density at radius 3 is 2.47 bits per heavy atom. The van der Waals surface area contributed by atoms with Crippen LogP contribution in [0, 0.1) is 17.8 Å². The van der Waals surface area contributed by atoms with Gasteiger partial charge in [0.1, 0.15) is 5.60 Å². The summed E-state index contributed by atoms with van der Waals surface area (Å²) in [5.41, 5.74) is 5.41. The Morgan fingerprint density at radius 2 is 2.07 bits per heavy atom. The molecule has 0 aliphatic heterocycles. The fourth-order valence-corrected chi connectivity index (χ4v) is 2.46. The first-order valence-corrected chi connectivity index (χ1v) is 5.61. The second kappa shape index (κ2) is 3.37. The Kier molecular flexibility index (Phi) is 2.41. The molecule has 2 atom stereocenters. The van der Waals surface area contributed by atoms with E-state index in [4.69, 9.17) is 10.5 Å². The second-order valence-corrected chi connectivity index (χ2v) is 5.69. The van der Waals surface area contributed by atoms with Gasteiger partial charge in [-0.2, -0.15) is 0 Å². The van der Waals surface area contributed by atoms with Gasteiger partial charge in [0.05, 0.1) is 0 Å². The fourth-order valence-electron chi connectivity index (χ4n) is 2.46. The van der Waals surface area contributed by atoms with Crippen molar-refractivity contribution < 1.29 is 9.53 Å². The SMILES string of the molecule is CC(C)(C)OC(=O)NCC1C2CC1C2N. The molecule has 0 spiro atoms. The molecule has 3 rings (SSSR count). The number of nitrogens with one attached hydrogen (secondary N) is 1. The lowest BCUT2D eigenvalue weighted by Gasteiger charge is -2.63. The van der Waals surface area contributed by atoms with Crippen LogP contribution in [0.3, 0.4) is 0 Å². The van der Waals surface area contributed by atoms with Crippen LogP contribution < -0.4 is 11.1 Å². The molecule has 0 aromatic carbocycles. The summed E-state index contributed by atoms with van der Waals surface area (Å²) >= 11 is 0. The van der Waals surface area contributed by atoms with Gasteiger partial charge < -0.3 is 15.8 Å². The minimum Gasteiger partial charge on any atom is -0.444 e. The molecule has 0 saturated heterocycles. The van der Waals surface area contributed by atoms with Crippen molar-refractivity contribution in [2.75, 3.05) is 6.54 Å². The standard InChI is InChI=1S/C11H20N2O2/c1-11(2,3)15-10(14)13-5-8-6-4-7(8)9(6)12/h6-9H,4-5,12H2,1-3H3,(H,13,14). The first-order chi connectivity index (χ1) is 6.88. The molecule has 3 fully saturated rings. The van der Waals surface area contributed by atoms with E-state index < -0.39 is 5.60 Å². The molecule has 15 heavy (non-hydrogen) atoms. The van der Waals surface area contributed by atoms with Crippen molar-refractivity contribution in [2.24, 2.45) is 23.5 Å². The summed E-state index contributed by atoms with van der Waals surface area (Å²) in [6, 6.07) is 0.399. The van der Waals surface area contributed by atoms with E-state index in [1.165, 1.54) is 6.42 Å². The molecule has 1 amide bonds. The Hall–Kier alpha value is -0.770. The van der Waals surface area contributed by atoms with E-state index >= 15 is 0 Å². The number of nitrogens with two attached hydrogens (primary N) is 1. The van der Waals surface area contributed by atoms with Crippen LogP contribution in [0.1, 0.15) is 27.2 Å². The zero-order valence-electron chi connectivity index (χ0n) is 9.62. The Morgan fingerprint density at radius 1 is 1.47 bits per heavy atom. The molecule has 3 N–H and O–H groups in total. The van der Waals surface area contributed by atoms with Crippen molar-refractivity contribution in [1.82, 2.24) is 5.32 Å². The molecule has 4 nitrogen and oxygen atoms in total. The predicted octanol–water partition coefficient (Wildman–Crippen LogP) is 1.10. The minimum atomic E-state index is -0.414. The zero-order valence-corrected chi connectivity index (χ0v) is 9.62. The van der Waals surface area contributed by atoms with E-state index in [2.05, 4.69) is 5.32 Å². The number of carbonyl (C=O) groups is 1. The van der Waals surface area contributed by atoms with Gasteiger partial charge >= 0.3 is 6.09 Å². The van der Waals surface area contributed by atoms with Gasteiger partial charge in [-0.3, -0.25) is 0 Å². The van der Waals surface area contributed by atoms with Gasteiger partial charge in [0.2, 0.25) is 0 Å². The van der Waals surface area contributed by atoms with Gasteiger partial charge in [-0.05, 0) is 44.9 Å². The van der Waals surface area contributed by atoms with Crippen LogP contribution in [-0.2, 0) is 4.74 Å². The summed E-state index contributed by atoms with van der Waals surface area (Å²) in [5, 5.41) is 2.81. The number of hydrogen-bond donors (Lipinski definition) is 2. The Labute approximate surface area is 90.5 Å². The van der Waals surface area contributed by atoms with Crippen LogP contribution in [0.25, 0.3) is 0 Å². The number of ether oxygens (including phenoxy) is 1. The van der Waals surface area contributed by atoms with Crippen LogP contribution in [-0.4, -0.2) is 24.3 Å². The Bertz CT molecular complexity index is 262. The normalized spacial score (nSPS) is 37.6. The number of hydrogen-bond acceptors (Lipinski definition) is 3. The van der Waals surface area contributed by atoms with E-state index in [0.717, 1.165) is 6.54 Å². The minimum absolute atomic E-state index is 0.317. The summed E-state index contributed by atoms with van der Waals surface area (Å²) in [6.45, 7) is 6.31. The lowest BCUT2D eigenvalue weighted by Crippen LogP contribution is -2.69. The molecule has 0 heterocycles. The third-order valence-electron chi connectivity index (χ3n) is 3.51. The first kappa shape index (κ1) is 10.7. The number of amides is 1. The summed E-state index contributed by atoms with van der Waals surface area (Å²) in [7, 11) is 0. The zero-order chi connectivity index (χ0) is 11.2. The first-order valence-electron chi connectivity index (χ1n) is 5.61. The van der Waals surface area contributed by atoms with Crippen molar-refractivity contribution in [3.63, 3.8) is 0 Å². The molecular weight excluding hydrogens is 192 g/mol. The maximum atomic E-state index is 11.3. The summed E-state index contributed by atoms with van der Waals surface area (Å²) in [6.07, 6.45) is 0.935. The van der Waals surface area contributed by atoms with Crippen LogP contribution in [0.2, 0.25) is 0 Å². The molecule has 86 valence electrons. The monoisotopic (exact) mass is 212 g/mol. The van der Waals surface area contributed by atoms with E-state index in [1.54, 1.807) is 0 Å². The number of alkyl carbamates (subject to hydrolysis) is 1. The van der Waals surface area contributed by atoms with Crippen LogP contribution in [0.4, 0.5) is 4.79 Å². The topological polar surface area (TPSA) is 64.3 Å². The van der Waals surface area contributed by atoms with Crippen molar-refractivity contribution in [2.45, 2.75) is 38.8 Å². The molecule has 3 aliphatic rings. The molecule has 2 unspecified atom stereocenters. The van der Waals surface area contributed by atoms with Crippen molar-refractivity contribution >= 4 is 6.09 Å². The molecule has 3 aliphatic carbocycles. The molecule has 3 saturated carbocycles. The maximum absolute atomic E-state index is 11.3. The highest BCUT2D eigenvalue weighted by atomic mass is 16.6. The van der Waals surface area contributed by atoms with Crippen LogP contribution in [0.5, 0.6) is 0 Å². The summed E-state index contributed by atoms with van der Waals surface area (Å²) in [4.78, 5) is 11.3. The lowest BCUT2D eigenvalue weighted by atomic mass is 9.45. The van der Waals surface area contributed by atoms with Crippen molar-refractivity contribution in [1.29, 1.82) is 0 Å². The molecule has 0 aromatic rings. The molecule has 0 aromatic heterocycles. The van der Waals surface area contributed by atoms with Gasteiger partial charge in [0.25, 0.3) is 0 Å². The van der Waals surface area contributed by atoms with Crippen LogP contribution >= 0.6 is 0 Å². The molecule has 2 bridgehead atoms. The largest absolute Gasteiger partial charge is 0.444 e. The third-order valence-corrected chi connectivity index (χ3v) is 3.51. The Balaban J connectivity index is 1.65. The lowest BCUT2D eigenvalue weighted by molar-refractivity contribution is -0.106. The van der Waals surface area contributed by atoms with Gasteiger partial charge in [-0.1, -0.05) is 0 Å². The van der Waals surface area contributed by atoms with Gasteiger partial charge in [0.15, 0.2) is 0 Å². The quantitative estimate of drug-likeness (QED) is 0.720. The van der Waals surface area contributed by atoms with Gasteiger partial charge in [0, 0.05) is 12.6 Å². The van der Waals surface area contributed by atoms with Gasteiger partial charge in [-0.25, -0.2) is 4.79 Å². The highest BCUT2D eigenvalue weighted by Crippen LogP contribution is 2.57. The molecule has 4 heteroatoms. The predicted molar refractivity (Wildman–Crippen MR) is 57.3 cm³/mol. The van der Waals surface area contributed by atoms with Crippen LogP contribution in [0.15, 0.2) is 0 Å². The van der Waals surface area contributed by atoms with E-state index in [9.17, 15) is 4.79 Å².